The Kier molecular flexibility index (Phi) is 4.96. The Morgan fingerprint density at radius 2 is 2.09 bits per heavy atom. The smallest absolute Gasteiger partial charge is 0.213 e. The van der Waals surface area contributed by atoms with Crippen LogP contribution in [0.3, 0.4) is 0 Å². The number of aromatic nitrogens is 4. The molecule has 0 amide bonds. The fourth-order valence-electron chi connectivity index (χ4n) is 4.70. The van der Waals surface area contributed by atoms with Crippen molar-refractivity contribution >= 4 is 11.0 Å². The standard InChI is InChI=1S/C25H24N4O4/c1-31-21-11-20-25(27-24(21)18-4-2-3-14-9-16(30)10-19(14)18)23(29-28-20)15-5-6-22(26-12-15)33-17-7-8-32-13-17/h2-6,11-12,16-17,30H,7-10,13H2,1H3,(H,28,29). The number of ether oxygens (including phenoxy) is 3. The van der Waals surface area contributed by atoms with Gasteiger partial charge >= 0.3 is 0 Å². The van der Waals surface area contributed by atoms with Crippen molar-refractivity contribution in [1.29, 1.82) is 0 Å². The Balaban J connectivity index is 1.40. The molecule has 0 bridgehead atoms. The summed E-state index contributed by atoms with van der Waals surface area (Å²) in [4.78, 5) is 9.45. The van der Waals surface area contributed by atoms with Crippen molar-refractivity contribution in [3.05, 3.63) is 53.7 Å². The van der Waals surface area contributed by atoms with Gasteiger partial charge in [0, 0.05) is 35.9 Å². The van der Waals surface area contributed by atoms with Crippen LogP contribution in [0.5, 0.6) is 11.6 Å². The van der Waals surface area contributed by atoms with Crippen LogP contribution in [0.2, 0.25) is 0 Å². The van der Waals surface area contributed by atoms with Crippen molar-refractivity contribution in [3.8, 4) is 34.1 Å². The highest BCUT2D eigenvalue weighted by molar-refractivity contribution is 5.93. The molecule has 2 atom stereocenters. The van der Waals surface area contributed by atoms with Crippen LogP contribution in [0.4, 0.5) is 0 Å². The minimum Gasteiger partial charge on any atom is -0.494 e. The van der Waals surface area contributed by atoms with E-state index in [1.54, 1.807) is 13.3 Å². The molecule has 168 valence electrons. The maximum Gasteiger partial charge on any atom is 0.213 e. The van der Waals surface area contributed by atoms with Crippen LogP contribution >= 0.6 is 0 Å². The number of aliphatic hydroxyl groups is 1. The van der Waals surface area contributed by atoms with Gasteiger partial charge < -0.3 is 19.3 Å². The maximum atomic E-state index is 10.2. The molecule has 2 unspecified atom stereocenters. The van der Waals surface area contributed by atoms with E-state index in [4.69, 9.17) is 19.2 Å². The highest BCUT2D eigenvalue weighted by Crippen LogP contribution is 2.38. The van der Waals surface area contributed by atoms with E-state index in [0.717, 1.165) is 52.0 Å². The second kappa shape index (κ2) is 8.13. The fraction of sp³-hybridized carbons (Fsp3) is 0.320. The molecular formula is C25H24N4O4. The summed E-state index contributed by atoms with van der Waals surface area (Å²) in [5.41, 5.74) is 7.08. The second-order valence-electron chi connectivity index (χ2n) is 8.50. The van der Waals surface area contributed by atoms with E-state index in [9.17, 15) is 5.11 Å². The third-order valence-electron chi connectivity index (χ3n) is 6.33. The predicted molar refractivity (Wildman–Crippen MR) is 122 cm³/mol. The number of aliphatic hydroxyl groups excluding tert-OH is 1. The molecule has 1 fully saturated rings. The van der Waals surface area contributed by atoms with E-state index >= 15 is 0 Å². The number of rotatable bonds is 5. The highest BCUT2D eigenvalue weighted by atomic mass is 16.5. The summed E-state index contributed by atoms with van der Waals surface area (Å²) in [6.07, 6.45) is 3.60. The number of fused-ring (bicyclic) bond motifs is 2. The minimum absolute atomic E-state index is 0.0531. The van der Waals surface area contributed by atoms with Crippen LogP contribution in [0, 0.1) is 0 Å². The zero-order valence-corrected chi connectivity index (χ0v) is 18.2. The molecule has 1 aliphatic heterocycles. The number of benzene rings is 1. The molecule has 0 radical (unpaired) electrons. The monoisotopic (exact) mass is 444 g/mol. The lowest BCUT2D eigenvalue weighted by atomic mass is 9.99. The molecule has 6 rings (SSSR count). The normalized spacial score (nSPS) is 19.7. The third kappa shape index (κ3) is 3.61. The van der Waals surface area contributed by atoms with Crippen LogP contribution in [0.25, 0.3) is 33.5 Å². The zero-order chi connectivity index (χ0) is 22.4. The van der Waals surface area contributed by atoms with Crippen molar-refractivity contribution < 1.29 is 19.3 Å². The number of hydrogen-bond donors (Lipinski definition) is 2. The summed E-state index contributed by atoms with van der Waals surface area (Å²) in [6, 6.07) is 11.8. The number of pyridine rings is 2. The summed E-state index contributed by atoms with van der Waals surface area (Å²) in [5.74, 6) is 1.23. The van der Waals surface area contributed by atoms with Crippen LogP contribution < -0.4 is 9.47 Å². The largest absolute Gasteiger partial charge is 0.494 e. The molecular weight excluding hydrogens is 420 g/mol. The molecule has 1 aliphatic carbocycles. The van der Waals surface area contributed by atoms with Crippen LogP contribution in [-0.4, -0.2) is 57.8 Å². The molecule has 2 N–H and O–H groups in total. The maximum absolute atomic E-state index is 10.2. The van der Waals surface area contributed by atoms with Crippen molar-refractivity contribution in [1.82, 2.24) is 20.2 Å². The van der Waals surface area contributed by atoms with Crippen LogP contribution in [0.1, 0.15) is 17.5 Å². The number of hydrogen-bond acceptors (Lipinski definition) is 7. The van der Waals surface area contributed by atoms with Gasteiger partial charge in [0.05, 0.1) is 31.9 Å². The summed E-state index contributed by atoms with van der Waals surface area (Å²) in [5, 5.41) is 17.8. The molecule has 33 heavy (non-hydrogen) atoms. The molecule has 1 saturated heterocycles. The lowest BCUT2D eigenvalue weighted by molar-refractivity contribution is 0.138. The van der Waals surface area contributed by atoms with Crippen molar-refractivity contribution in [2.45, 2.75) is 31.5 Å². The van der Waals surface area contributed by atoms with E-state index in [1.807, 2.05) is 30.3 Å². The lowest BCUT2D eigenvalue weighted by Gasteiger charge is -2.12. The molecule has 0 saturated carbocycles. The van der Waals surface area contributed by atoms with Gasteiger partial charge in [-0.3, -0.25) is 5.10 Å². The second-order valence-corrected chi connectivity index (χ2v) is 8.50. The first kappa shape index (κ1) is 20.1. The van der Waals surface area contributed by atoms with Crippen molar-refractivity contribution in [2.75, 3.05) is 20.3 Å². The van der Waals surface area contributed by atoms with Gasteiger partial charge in [0.2, 0.25) is 5.88 Å². The number of H-pyrrole nitrogens is 1. The van der Waals surface area contributed by atoms with Crippen molar-refractivity contribution in [2.24, 2.45) is 0 Å². The summed E-state index contributed by atoms with van der Waals surface area (Å²) < 4.78 is 16.9. The molecule has 4 heterocycles. The average Bonchev–Trinajstić information content (AvgIpc) is 3.57. The minimum atomic E-state index is -0.358. The Bertz CT molecular complexity index is 1310. The molecule has 8 heteroatoms. The van der Waals surface area contributed by atoms with E-state index in [-0.39, 0.29) is 12.2 Å². The highest BCUT2D eigenvalue weighted by Gasteiger charge is 2.25. The summed E-state index contributed by atoms with van der Waals surface area (Å²) >= 11 is 0. The first-order chi connectivity index (χ1) is 16.2. The molecule has 1 aromatic carbocycles. The summed E-state index contributed by atoms with van der Waals surface area (Å²) in [7, 11) is 1.64. The Labute approximate surface area is 190 Å². The SMILES string of the molecule is COc1cc2[nH]nc(-c3ccc(OC4CCOC4)nc3)c2nc1-c1cccc2c1CC(O)C2. The van der Waals surface area contributed by atoms with E-state index in [1.165, 1.54) is 0 Å². The quantitative estimate of drug-likeness (QED) is 0.487. The number of nitrogens with zero attached hydrogens (tertiary/aromatic N) is 3. The molecule has 3 aromatic heterocycles. The lowest BCUT2D eigenvalue weighted by Crippen LogP contribution is -2.16. The van der Waals surface area contributed by atoms with Gasteiger partial charge in [-0.15, -0.1) is 0 Å². The van der Waals surface area contributed by atoms with Crippen molar-refractivity contribution in [3.63, 3.8) is 0 Å². The topological polar surface area (TPSA) is 102 Å². The van der Waals surface area contributed by atoms with Gasteiger partial charge in [-0.05, 0) is 30.0 Å². The molecule has 0 spiro atoms. The summed E-state index contributed by atoms with van der Waals surface area (Å²) in [6.45, 7) is 1.32. The van der Waals surface area contributed by atoms with Gasteiger partial charge in [0.25, 0.3) is 0 Å². The van der Waals surface area contributed by atoms with Crippen LogP contribution in [0.15, 0.2) is 42.6 Å². The van der Waals surface area contributed by atoms with E-state index in [2.05, 4.69) is 21.2 Å². The predicted octanol–water partition coefficient (Wildman–Crippen LogP) is 3.32. The Hall–Kier alpha value is -3.49. The zero-order valence-electron chi connectivity index (χ0n) is 18.2. The first-order valence-corrected chi connectivity index (χ1v) is 11.1. The number of aromatic amines is 1. The van der Waals surface area contributed by atoms with E-state index < -0.39 is 0 Å². The number of nitrogens with one attached hydrogen (secondary N) is 1. The average molecular weight is 444 g/mol. The molecule has 4 aromatic rings. The first-order valence-electron chi connectivity index (χ1n) is 11.1. The van der Waals surface area contributed by atoms with Gasteiger partial charge in [-0.1, -0.05) is 18.2 Å². The fourth-order valence-corrected chi connectivity index (χ4v) is 4.70. The third-order valence-corrected chi connectivity index (χ3v) is 6.33. The Morgan fingerprint density at radius 3 is 2.88 bits per heavy atom. The van der Waals surface area contributed by atoms with Gasteiger partial charge in [0.15, 0.2) is 0 Å². The Morgan fingerprint density at radius 1 is 1.15 bits per heavy atom. The van der Waals surface area contributed by atoms with E-state index in [0.29, 0.717) is 36.8 Å². The molecule has 8 nitrogen and oxygen atoms in total. The van der Waals surface area contributed by atoms with Gasteiger partial charge in [-0.2, -0.15) is 5.10 Å². The molecule has 2 aliphatic rings. The van der Waals surface area contributed by atoms with Crippen LogP contribution in [-0.2, 0) is 17.6 Å². The van der Waals surface area contributed by atoms with Gasteiger partial charge in [0.1, 0.15) is 28.8 Å². The van der Waals surface area contributed by atoms with Gasteiger partial charge in [-0.25, -0.2) is 9.97 Å². The number of methoxy groups -OCH3 is 1.